The molecule has 3 amide bonds. The van der Waals surface area contributed by atoms with Crippen LogP contribution in [-0.2, 0) is 9.59 Å². The lowest BCUT2D eigenvalue weighted by Gasteiger charge is -2.28. The molecule has 1 heterocycles. The molecule has 1 aromatic carbocycles. The molecular weight excluding hydrogens is 439 g/mol. The van der Waals surface area contributed by atoms with E-state index in [2.05, 4.69) is 22.5 Å². The van der Waals surface area contributed by atoms with Gasteiger partial charge in [0.1, 0.15) is 7.85 Å². The van der Waals surface area contributed by atoms with E-state index >= 15 is 0 Å². The molecule has 1 fully saturated rings. The van der Waals surface area contributed by atoms with Gasteiger partial charge in [0.15, 0.2) is 0 Å². The summed E-state index contributed by atoms with van der Waals surface area (Å²) in [5.74, 6) is -0.972. The zero-order valence-electron chi connectivity index (χ0n) is 19.7. The molecule has 0 bridgehead atoms. The Kier molecular flexibility index (Phi) is 9.65. The largest absolute Gasteiger partial charge is 0.356 e. The molecule has 33 heavy (non-hydrogen) atoms. The molecule has 1 aliphatic rings. The summed E-state index contributed by atoms with van der Waals surface area (Å²) < 4.78 is 13.5. The fourth-order valence-corrected chi connectivity index (χ4v) is 4.03. The molecule has 6 nitrogen and oxygen atoms in total. The second-order valence-electron chi connectivity index (χ2n) is 8.92. The first kappa shape index (κ1) is 27.0. The lowest BCUT2D eigenvalue weighted by atomic mass is 9.85. The number of halogens is 1. The number of rotatable bonds is 11. The highest BCUT2D eigenvalue weighted by atomic mass is 31.0. The van der Waals surface area contributed by atoms with E-state index in [1.807, 2.05) is 30.0 Å². The molecule has 5 unspecified atom stereocenters. The van der Waals surface area contributed by atoms with Gasteiger partial charge in [0.2, 0.25) is 11.8 Å². The first-order chi connectivity index (χ1) is 15.4. The lowest BCUT2D eigenvalue weighted by Crippen LogP contribution is -2.42. The van der Waals surface area contributed by atoms with Crippen molar-refractivity contribution >= 4 is 40.5 Å². The molecule has 1 saturated heterocycles. The Morgan fingerprint density at radius 2 is 2.12 bits per heavy atom. The van der Waals surface area contributed by atoms with Crippen LogP contribution in [-0.4, -0.2) is 43.5 Å². The number of hydrogen-bond acceptors (Lipinski definition) is 3. The van der Waals surface area contributed by atoms with Crippen LogP contribution in [0.3, 0.4) is 0 Å². The fraction of sp³-hybridized carbons (Fsp3) is 0.542. The van der Waals surface area contributed by atoms with Crippen LogP contribution in [0.2, 0.25) is 0 Å². The van der Waals surface area contributed by atoms with Crippen LogP contribution in [0, 0.1) is 18.8 Å². The summed E-state index contributed by atoms with van der Waals surface area (Å²) in [5, 5.41) is 6.59. The number of aryl methyl sites for hydroxylation is 1. The molecule has 1 aromatic rings. The van der Waals surface area contributed by atoms with E-state index in [1.54, 1.807) is 18.2 Å². The van der Waals surface area contributed by atoms with Crippen molar-refractivity contribution in [2.24, 2.45) is 11.8 Å². The highest BCUT2D eigenvalue weighted by Gasteiger charge is 2.31. The summed E-state index contributed by atoms with van der Waals surface area (Å²) in [7, 11) is 7.15. The standard InChI is InChI=1S/C24H34BFN3O3P/c1-5-15(3)16(4)20(13-17-9-11-27-22(17)31)29-23(32)18-12-14(2)6-7-19(18)28-21(30)8-10-24(25,26)33/h6-7,12,16-17,20H,3,5,8-11,13,33H2,1-2,4H3,(H,27,31)(H,28,30)(H,29,32). The summed E-state index contributed by atoms with van der Waals surface area (Å²) in [6.45, 7) is 10.6. The Balaban J connectivity index is 2.21. The van der Waals surface area contributed by atoms with Crippen molar-refractivity contribution in [3.05, 3.63) is 41.5 Å². The third-order valence-electron chi connectivity index (χ3n) is 6.15. The average Bonchev–Trinajstić information content (AvgIpc) is 3.15. The zero-order chi connectivity index (χ0) is 24.8. The van der Waals surface area contributed by atoms with Crippen LogP contribution in [0.4, 0.5) is 10.1 Å². The van der Waals surface area contributed by atoms with E-state index in [4.69, 9.17) is 7.85 Å². The first-order valence-corrected chi connectivity index (χ1v) is 11.9. The minimum Gasteiger partial charge on any atom is -0.356 e. The third-order valence-corrected chi connectivity index (χ3v) is 6.44. The fourth-order valence-electron chi connectivity index (χ4n) is 3.89. The minimum atomic E-state index is -2.03. The Hall–Kier alpha value is -2.21. The normalized spacial score (nSPS) is 19.2. The number of anilines is 1. The van der Waals surface area contributed by atoms with Crippen molar-refractivity contribution in [3.8, 4) is 0 Å². The Morgan fingerprint density at radius 3 is 2.70 bits per heavy atom. The molecule has 3 N–H and O–H groups in total. The van der Waals surface area contributed by atoms with Crippen LogP contribution >= 0.6 is 9.24 Å². The quantitative estimate of drug-likeness (QED) is 0.261. The average molecular weight is 473 g/mol. The first-order valence-electron chi connectivity index (χ1n) is 11.3. The summed E-state index contributed by atoms with van der Waals surface area (Å²) in [4.78, 5) is 37.8. The second-order valence-corrected chi connectivity index (χ2v) is 9.88. The Morgan fingerprint density at radius 1 is 1.42 bits per heavy atom. The van der Waals surface area contributed by atoms with Gasteiger partial charge in [-0.05, 0) is 50.7 Å². The molecule has 0 aromatic heterocycles. The van der Waals surface area contributed by atoms with Crippen LogP contribution in [0.1, 0.15) is 61.9 Å². The van der Waals surface area contributed by atoms with E-state index in [9.17, 15) is 18.8 Å². The van der Waals surface area contributed by atoms with Gasteiger partial charge in [0.05, 0.1) is 16.6 Å². The van der Waals surface area contributed by atoms with E-state index in [1.165, 1.54) is 0 Å². The number of nitrogens with one attached hydrogen (secondary N) is 3. The molecule has 0 saturated carbocycles. The predicted octanol–water partition coefficient (Wildman–Crippen LogP) is 3.61. The zero-order valence-corrected chi connectivity index (χ0v) is 20.8. The number of carbonyl (C=O) groups excluding carboxylic acids is 3. The lowest BCUT2D eigenvalue weighted by molar-refractivity contribution is -0.122. The topological polar surface area (TPSA) is 87.3 Å². The van der Waals surface area contributed by atoms with Crippen LogP contribution in [0.15, 0.2) is 30.4 Å². The highest BCUT2D eigenvalue weighted by molar-refractivity contribution is 7.21. The van der Waals surface area contributed by atoms with Gasteiger partial charge < -0.3 is 16.0 Å². The molecular formula is C24H34BFN3O3P. The summed E-state index contributed by atoms with van der Waals surface area (Å²) in [5.41, 5.74) is 2.49. The maximum Gasteiger partial charge on any atom is 0.253 e. The number of alkyl halides is 1. The summed E-state index contributed by atoms with van der Waals surface area (Å²) in [6.07, 6.45) is 1.71. The number of carbonyl (C=O) groups is 3. The Bertz CT molecular complexity index is 903. The van der Waals surface area contributed by atoms with Crippen LogP contribution in [0.5, 0.6) is 0 Å². The van der Waals surface area contributed by atoms with Crippen molar-refractivity contribution in [2.45, 2.75) is 64.2 Å². The van der Waals surface area contributed by atoms with Crippen molar-refractivity contribution in [1.82, 2.24) is 10.6 Å². The maximum absolute atomic E-state index is 13.5. The predicted molar refractivity (Wildman–Crippen MR) is 134 cm³/mol. The summed E-state index contributed by atoms with van der Waals surface area (Å²) in [6, 6.07) is 4.85. The van der Waals surface area contributed by atoms with Crippen LogP contribution < -0.4 is 16.0 Å². The maximum atomic E-state index is 13.5. The highest BCUT2D eigenvalue weighted by Crippen LogP contribution is 2.27. The molecule has 0 spiro atoms. The molecule has 2 rings (SSSR count). The van der Waals surface area contributed by atoms with Crippen molar-refractivity contribution < 1.29 is 18.8 Å². The van der Waals surface area contributed by atoms with Gasteiger partial charge in [-0.3, -0.25) is 18.8 Å². The van der Waals surface area contributed by atoms with Gasteiger partial charge >= 0.3 is 0 Å². The van der Waals surface area contributed by atoms with E-state index in [0.29, 0.717) is 24.2 Å². The smallest absolute Gasteiger partial charge is 0.253 e. The SMILES string of the molecule is [B]C(F)(P)CCC(=O)Nc1ccc(C)cc1C(=O)NC(CC1CCNC1=O)C(C)C(=C)CC. The van der Waals surface area contributed by atoms with E-state index in [0.717, 1.165) is 24.0 Å². The minimum absolute atomic E-state index is 0.00463. The molecule has 178 valence electrons. The molecule has 1 aliphatic heterocycles. The Labute approximate surface area is 199 Å². The van der Waals surface area contributed by atoms with Crippen molar-refractivity contribution in [1.29, 1.82) is 0 Å². The van der Waals surface area contributed by atoms with Crippen molar-refractivity contribution in [3.63, 3.8) is 0 Å². The van der Waals surface area contributed by atoms with Gasteiger partial charge in [-0.1, -0.05) is 37.6 Å². The summed E-state index contributed by atoms with van der Waals surface area (Å²) >= 11 is 0. The molecule has 9 heteroatoms. The molecule has 5 atom stereocenters. The molecule has 2 radical (unpaired) electrons. The number of amides is 3. The second kappa shape index (κ2) is 11.8. The van der Waals surface area contributed by atoms with Crippen LogP contribution in [0.25, 0.3) is 0 Å². The van der Waals surface area contributed by atoms with Gasteiger partial charge in [0, 0.05) is 24.9 Å². The number of benzene rings is 1. The van der Waals surface area contributed by atoms with E-state index in [-0.39, 0.29) is 42.5 Å². The van der Waals surface area contributed by atoms with Gasteiger partial charge in [-0.25, -0.2) is 0 Å². The van der Waals surface area contributed by atoms with Gasteiger partial charge in [0.25, 0.3) is 5.91 Å². The van der Waals surface area contributed by atoms with E-state index < -0.39 is 11.2 Å². The number of hydrogen-bond donors (Lipinski definition) is 3. The van der Waals surface area contributed by atoms with Crippen molar-refractivity contribution in [2.75, 3.05) is 11.9 Å². The monoisotopic (exact) mass is 473 g/mol. The van der Waals surface area contributed by atoms with Gasteiger partial charge in [-0.2, -0.15) is 0 Å². The van der Waals surface area contributed by atoms with Gasteiger partial charge in [-0.15, -0.1) is 9.24 Å². The molecule has 0 aliphatic carbocycles. The third kappa shape index (κ3) is 8.26.